The third kappa shape index (κ3) is 6.76. The van der Waals surface area contributed by atoms with Gasteiger partial charge in [0.1, 0.15) is 12.3 Å². The number of para-hydroxylation sites is 1. The van der Waals surface area contributed by atoms with E-state index < -0.39 is 24.4 Å². The minimum atomic E-state index is -0.765. The molecule has 0 radical (unpaired) electrons. The molecule has 0 atom stereocenters. The van der Waals surface area contributed by atoms with Gasteiger partial charge in [0.2, 0.25) is 0 Å². The lowest BCUT2D eigenvalue weighted by atomic mass is 10.1. The number of hydrogen-bond donors (Lipinski definition) is 2. The summed E-state index contributed by atoms with van der Waals surface area (Å²) in [4.78, 5) is 47.3. The van der Waals surface area contributed by atoms with E-state index in [2.05, 4.69) is 10.6 Å². The number of amides is 2. The summed E-state index contributed by atoms with van der Waals surface area (Å²) in [6.45, 7) is 2.84. The molecule has 0 saturated heterocycles. The molecule has 2 rings (SSSR count). The predicted molar refractivity (Wildman–Crippen MR) is 106 cm³/mol. The van der Waals surface area contributed by atoms with E-state index in [-0.39, 0.29) is 12.3 Å². The van der Waals surface area contributed by atoms with Crippen molar-refractivity contribution in [1.82, 2.24) is 5.32 Å². The lowest BCUT2D eigenvalue weighted by Crippen LogP contribution is -2.32. The lowest BCUT2D eigenvalue weighted by molar-refractivity contribution is -0.146. The van der Waals surface area contributed by atoms with Gasteiger partial charge < -0.3 is 20.1 Å². The number of carbonyl (C=O) groups excluding carboxylic acids is 4. The van der Waals surface area contributed by atoms with Gasteiger partial charge in [-0.1, -0.05) is 12.1 Å². The first-order valence-corrected chi connectivity index (χ1v) is 8.97. The molecule has 2 amide bonds. The highest BCUT2D eigenvalue weighted by Gasteiger charge is 2.13. The summed E-state index contributed by atoms with van der Waals surface area (Å²) < 4.78 is 10.1. The number of carbonyl (C=O) groups is 4. The van der Waals surface area contributed by atoms with Crippen molar-refractivity contribution in [1.29, 1.82) is 0 Å². The molecule has 0 spiro atoms. The lowest BCUT2D eigenvalue weighted by Gasteiger charge is -2.10. The molecule has 29 heavy (non-hydrogen) atoms. The Bertz CT molecular complexity index is 892. The Kier molecular flexibility index (Phi) is 7.90. The van der Waals surface area contributed by atoms with Crippen LogP contribution in [0.2, 0.25) is 0 Å². The van der Waals surface area contributed by atoms with Crippen LogP contribution in [0.4, 0.5) is 5.69 Å². The van der Waals surface area contributed by atoms with Crippen molar-refractivity contribution in [2.75, 3.05) is 25.1 Å². The standard InChI is InChI=1S/C21H22N2O6/c1-3-28-16-10-8-15(9-11-16)21(27)22-12-20(26)29-13-19(25)23-18-7-5-4-6-17(18)14(2)24/h4-11H,3,12-13H2,1-2H3,(H,22,27)(H,23,25). The predicted octanol–water partition coefficient (Wildman–Crippen LogP) is 2.20. The number of ether oxygens (including phenoxy) is 2. The smallest absolute Gasteiger partial charge is 0.325 e. The third-order valence-corrected chi connectivity index (χ3v) is 3.77. The van der Waals surface area contributed by atoms with Gasteiger partial charge in [-0.25, -0.2) is 0 Å². The zero-order chi connectivity index (χ0) is 21.2. The monoisotopic (exact) mass is 398 g/mol. The fourth-order valence-corrected chi connectivity index (χ4v) is 2.41. The van der Waals surface area contributed by atoms with E-state index in [0.29, 0.717) is 29.2 Å². The van der Waals surface area contributed by atoms with Crippen LogP contribution in [-0.4, -0.2) is 43.3 Å². The number of esters is 1. The second-order valence-corrected chi connectivity index (χ2v) is 5.95. The molecular formula is C21H22N2O6. The Morgan fingerprint density at radius 3 is 2.31 bits per heavy atom. The number of rotatable bonds is 9. The number of nitrogens with one attached hydrogen (secondary N) is 2. The van der Waals surface area contributed by atoms with Crippen molar-refractivity contribution < 1.29 is 28.7 Å². The molecule has 0 heterocycles. The van der Waals surface area contributed by atoms with E-state index >= 15 is 0 Å². The van der Waals surface area contributed by atoms with Crippen LogP contribution in [0.5, 0.6) is 5.75 Å². The number of ketones is 1. The number of Topliss-reactive ketones (excluding diaryl/α,β-unsaturated/α-hetero) is 1. The molecule has 0 unspecified atom stereocenters. The Hall–Kier alpha value is -3.68. The maximum atomic E-state index is 12.0. The van der Waals surface area contributed by atoms with Crippen LogP contribution in [0.25, 0.3) is 0 Å². The number of hydrogen-bond acceptors (Lipinski definition) is 6. The first-order valence-electron chi connectivity index (χ1n) is 8.97. The third-order valence-electron chi connectivity index (χ3n) is 3.77. The summed E-state index contributed by atoms with van der Waals surface area (Å²) in [5.41, 5.74) is 1.06. The molecule has 0 aromatic heterocycles. The van der Waals surface area contributed by atoms with Gasteiger partial charge in [-0.05, 0) is 50.2 Å². The Morgan fingerprint density at radius 1 is 0.966 bits per heavy atom. The van der Waals surface area contributed by atoms with Gasteiger partial charge in [0.05, 0.1) is 12.3 Å². The van der Waals surface area contributed by atoms with Gasteiger partial charge >= 0.3 is 5.97 Å². The Balaban J connectivity index is 1.77. The van der Waals surface area contributed by atoms with Crippen molar-refractivity contribution in [3.05, 3.63) is 59.7 Å². The second kappa shape index (κ2) is 10.6. The van der Waals surface area contributed by atoms with Crippen LogP contribution < -0.4 is 15.4 Å². The molecule has 0 aliphatic rings. The molecule has 0 aliphatic heterocycles. The van der Waals surface area contributed by atoms with Gasteiger partial charge in [0.25, 0.3) is 11.8 Å². The zero-order valence-electron chi connectivity index (χ0n) is 16.2. The van der Waals surface area contributed by atoms with E-state index in [4.69, 9.17) is 9.47 Å². The average Bonchev–Trinajstić information content (AvgIpc) is 2.71. The van der Waals surface area contributed by atoms with Crippen molar-refractivity contribution >= 4 is 29.3 Å². The molecule has 0 bridgehead atoms. The molecule has 152 valence electrons. The maximum absolute atomic E-state index is 12.0. The molecule has 8 nitrogen and oxygen atoms in total. The van der Waals surface area contributed by atoms with Gasteiger partial charge in [-0.15, -0.1) is 0 Å². The number of benzene rings is 2. The largest absolute Gasteiger partial charge is 0.494 e. The minimum absolute atomic E-state index is 0.199. The Labute approximate surface area is 168 Å². The van der Waals surface area contributed by atoms with Crippen molar-refractivity contribution in [2.24, 2.45) is 0 Å². The van der Waals surface area contributed by atoms with Gasteiger partial charge in [0, 0.05) is 11.1 Å². The van der Waals surface area contributed by atoms with Crippen LogP contribution in [0.1, 0.15) is 34.6 Å². The molecule has 8 heteroatoms. The van der Waals surface area contributed by atoms with Crippen LogP contribution in [0.15, 0.2) is 48.5 Å². The van der Waals surface area contributed by atoms with E-state index in [1.54, 1.807) is 48.5 Å². The summed E-state index contributed by atoms with van der Waals surface area (Å²) in [6, 6.07) is 13.0. The van der Waals surface area contributed by atoms with Crippen molar-refractivity contribution in [3.8, 4) is 5.75 Å². The summed E-state index contributed by atoms with van der Waals surface area (Å²) in [5.74, 6) is -1.37. The maximum Gasteiger partial charge on any atom is 0.325 e. The summed E-state index contributed by atoms with van der Waals surface area (Å²) in [7, 11) is 0. The molecular weight excluding hydrogens is 376 g/mol. The molecule has 0 saturated carbocycles. The van der Waals surface area contributed by atoms with Crippen LogP contribution >= 0.6 is 0 Å². The van der Waals surface area contributed by atoms with Gasteiger partial charge in [-0.2, -0.15) is 0 Å². The van der Waals surface area contributed by atoms with Gasteiger partial charge in [0.15, 0.2) is 12.4 Å². The second-order valence-electron chi connectivity index (χ2n) is 5.95. The van der Waals surface area contributed by atoms with E-state index in [9.17, 15) is 19.2 Å². The highest BCUT2D eigenvalue weighted by Crippen LogP contribution is 2.15. The fourth-order valence-electron chi connectivity index (χ4n) is 2.41. The van der Waals surface area contributed by atoms with Crippen molar-refractivity contribution in [2.45, 2.75) is 13.8 Å². The minimum Gasteiger partial charge on any atom is -0.494 e. The van der Waals surface area contributed by atoms with Crippen LogP contribution in [0, 0.1) is 0 Å². The van der Waals surface area contributed by atoms with E-state index in [1.807, 2.05) is 6.92 Å². The molecule has 0 fully saturated rings. The molecule has 0 aliphatic carbocycles. The highest BCUT2D eigenvalue weighted by molar-refractivity contribution is 6.04. The summed E-state index contributed by atoms with van der Waals surface area (Å²) in [6.07, 6.45) is 0. The quantitative estimate of drug-likeness (QED) is 0.495. The van der Waals surface area contributed by atoms with Crippen LogP contribution in [-0.2, 0) is 14.3 Å². The Morgan fingerprint density at radius 2 is 1.66 bits per heavy atom. The number of anilines is 1. The van der Waals surface area contributed by atoms with Crippen LogP contribution in [0.3, 0.4) is 0 Å². The molecule has 2 N–H and O–H groups in total. The van der Waals surface area contributed by atoms with E-state index in [1.165, 1.54) is 6.92 Å². The fraction of sp³-hybridized carbons (Fsp3) is 0.238. The summed E-state index contributed by atoms with van der Waals surface area (Å²) in [5, 5.41) is 4.93. The summed E-state index contributed by atoms with van der Waals surface area (Å²) >= 11 is 0. The van der Waals surface area contributed by atoms with E-state index in [0.717, 1.165) is 0 Å². The SMILES string of the molecule is CCOc1ccc(C(=O)NCC(=O)OCC(=O)Nc2ccccc2C(C)=O)cc1. The first-order chi connectivity index (χ1) is 13.9. The highest BCUT2D eigenvalue weighted by atomic mass is 16.5. The molecule has 2 aromatic rings. The van der Waals surface area contributed by atoms with Gasteiger partial charge in [-0.3, -0.25) is 19.2 Å². The zero-order valence-corrected chi connectivity index (χ0v) is 16.2. The average molecular weight is 398 g/mol. The van der Waals surface area contributed by atoms with Crippen molar-refractivity contribution in [3.63, 3.8) is 0 Å². The normalized spacial score (nSPS) is 10.0. The topological polar surface area (TPSA) is 111 Å². The molecule has 2 aromatic carbocycles. The first kappa shape index (κ1) is 21.6.